The third-order valence-electron chi connectivity index (χ3n) is 3.51. The van der Waals surface area contributed by atoms with Crippen LogP contribution in [0.1, 0.15) is 11.6 Å². The van der Waals surface area contributed by atoms with E-state index in [4.69, 9.17) is 9.47 Å². The fourth-order valence-corrected chi connectivity index (χ4v) is 2.55. The van der Waals surface area contributed by atoms with Crippen molar-refractivity contribution in [1.82, 2.24) is 10.2 Å². The number of rotatable bonds is 3. The van der Waals surface area contributed by atoms with Gasteiger partial charge in [-0.25, -0.2) is 0 Å². The van der Waals surface area contributed by atoms with E-state index in [-0.39, 0.29) is 30.9 Å². The van der Waals surface area contributed by atoms with Crippen LogP contribution in [0.5, 0.6) is 11.5 Å². The molecule has 2 heterocycles. The molecule has 0 radical (unpaired) electrons. The van der Waals surface area contributed by atoms with E-state index < -0.39 is 0 Å². The highest BCUT2D eigenvalue weighted by Crippen LogP contribution is 2.35. The Bertz CT molecular complexity index is 451. The minimum Gasteiger partial charge on any atom is -0.454 e. The zero-order chi connectivity index (χ0) is 12.4. The first kappa shape index (κ1) is 17.1. The largest absolute Gasteiger partial charge is 0.454 e. The molecule has 0 unspecified atom stereocenters. The van der Waals surface area contributed by atoms with Crippen molar-refractivity contribution in [2.75, 3.05) is 33.0 Å². The van der Waals surface area contributed by atoms with Gasteiger partial charge in [0.15, 0.2) is 11.5 Å². The van der Waals surface area contributed by atoms with Crippen LogP contribution in [-0.2, 0) is 0 Å². The summed E-state index contributed by atoms with van der Waals surface area (Å²) >= 11 is 0. The van der Waals surface area contributed by atoms with Gasteiger partial charge in [-0.1, -0.05) is 12.1 Å². The molecule has 1 saturated heterocycles. The lowest BCUT2D eigenvalue weighted by Gasteiger charge is -2.33. The summed E-state index contributed by atoms with van der Waals surface area (Å²) in [5.74, 6) is 1.68. The van der Waals surface area contributed by atoms with Crippen molar-refractivity contribution < 1.29 is 9.47 Å². The molecule has 1 aromatic rings. The van der Waals surface area contributed by atoms with Crippen LogP contribution >= 0.6 is 24.8 Å². The number of halogens is 2. The molecule has 1 atom stereocenters. The second kappa shape index (κ2) is 7.74. The van der Waals surface area contributed by atoms with E-state index in [1.54, 1.807) is 0 Å². The predicted octanol–water partition coefficient (Wildman–Crippen LogP) is 2.39. The van der Waals surface area contributed by atoms with Crippen LogP contribution in [0.2, 0.25) is 0 Å². The zero-order valence-corrected chi connectivity index (χ0v) is 12.8. The number of benzene rings is 1. The number of nitrogens with zero attached hydrogens (tertiary/aromatic N) is 1. The molecule has 0 aromatic heterocycles. The summed E-state index contributed by atoms with van der Waals surface area (Å²) in [4.78, 5) is 2.43. The molecule has 0 saturated carbocycles. The van der Waals surface area contributed by atoms with E-state index >= 15 is 0 Å². The summed E-state index contributed by atoms with van der Waals surface area (Å²) in [6.07, 6.45) is 2.00. The maximum Gasteiger partial charge on any atom is 0.231 e. The molecule has 2 aliphatic rings. The molecule has 6 heteroatoms. The van der Waals surface area contributed by atoms with Gasteiger partial charge >= 0.3 is 0 Å². The molecule has 4 nitrogen and oxygen atoms in total. The molecule has 2 aliphatic heterocycles. The quantitative estimate of drug-likeness (QED) is 0.868. The molecular formula is C14H20Cl2N2O2. The van der Waals surface area contributed by atoms with E-state index in [9.17, 15) is 0 Å². The normalized spacial score (nSPS) is 18.6. The van der Waals surface area contributed by atoms with Crippen LogP contribution in [0.25, 0.3) is 0 Å². The van der Waals surface area contributed by atoms with Crippen molar-refractivity contribution in [3.05, 3.63) is 36.4 Å². The number of hydrogen-bond acceptors (Lipinski definition) is 4. The number of fused-ring (bicyclic) bond motifs is 1. The Labute approximate surface area is 131 Å². The van der Waals surface area contributed by atoms with Crippen molar-refractivity contribution in [3.8, 4) is 11.5 Å². The highest BCUT2D eigenvalue weighted by molar-refractivity contribution is 5.85. The minimum absolute atomic E-state index is 0. The average molecular weight is 319 g/mol. The minimum atomic E-state index is 0. The molecule has 0 bridgehead atoms. The highest BCUT2D eigenvalue weighted by Gasteiger charge is 2.22. The first-order valence-electron chi connectivity index (χ1n) is 6.35. The van der Waals surface area contributed by atoms with Crippen LogP contribution in [0.15, 0.2) is 30.9 Å². The van der Waals surface area contributed by atoms with Gasteiger partial charge in [-0.15, -0.1) is 31.4 Å². The second-order valence-electron chi connectivity index (χ2n) is 4.58. The van der Waals surface area contributed by atoms with E-state index in [1.807, 2.05) is 12.1 Å². The highest BCUT2D eigenvalue weighted by atomic mass is 35.5. The summed E-state index contributed by atoms with van der Waals surface area (Å²) in [6, 6.07) is 6.40. The predicted molar refractivity (Wildman–Crippen MR) is 84.4 cm³/mol. The summed E-state index contributed by atoms with van der Waals surface area (Å²) in [7, 11) is 0. The van der Waals surface area contributed by atoms with Gasteiger partial charge in [-0.05, 0) is 17.7 Å². The van der Waals surface area contributed by atoms with Gasteiger partial charge in [-0.3, -0.25) is 4.90 Å². The lowest BCUT2D eigenvalue weighted by atomic mass is 10.0. The maximum atomic E-state index is 5.43. The Balaban J connectivity index is 0.000001000. The smallest absolute Gasteiger partial charge is 0.231 e. The fourth-order valence-electron chi connectivity index (χ4n) is 2.55. The van der Waals surface area contributed by atoms with Crippen LogP contribution < -0.4 is 14.8 Å². The Morgan fingerprint density at radius 1 is 1.15 bits per heavy atom. The van der Waals surface area contributed by atoms with Crippen molar-refractivity contribution >= 4 is 24.8 Å². The van der Waals surface area contributed by atoms with Gasteiger partial charge in [0.05, 0.1) is 6.04 Å². The monoisotopic (exact) mass is 318 g/mol. The van der Waals surface area contributed by atoms with Crippen LogP contribution in [0, 0.1) is 0 Å². The molecule has 0 spiro atoms. The third kappa shape index (κ3) is 3.38. The molecule has 1 N–H and O–H groups in total. The fraction of sp³-hybridized carbons (Fsp3) is 0.429. The molecule has 1 aromatic carbocycles. The van der Waals surface area contributed by atoms with E-state index in [1.165, 1.54) is 5.56 Å². The molecule has 0 amide bonds. The third-order valence-corrected chi connectivity index (χ3v) is 3.51. The summed E-state index contributed by atoms with van der Waals surface area (Å²) in [5, 5.41) is 3.37. The molecular weight excluding hydrogens is 299 g/mol. The number of piperazine rings is 1. The standard InChI is InChI=1S/C14H18N2O2.2ClH/c1-2-12(16-7-5-15-6-8-16)11-3-4-13-14(9-11)18-10-17-13;;/h2-4,9,12,15H,1,5-8,10H2;2*1H/t12-;;/m0../s1. The van der Waals surface area contributed by atoms with Gasteiger partial charge in [0.25, 0.3) is 0 Å². The number of ether oxygens (including phenoxy) is 2. The van der Waals surface area contributed by atoms with E-state index in [2.05, 4.69) is 28.9 Å². The van der Waals surface area contributed by atoms with Crippen LogP contribution in [-0.4, -0.2) is 37.9 Å². The van der Waals surface area contributed by atoms with Crippen LogP contribution in [0.3, 0.4) is 0 Å². The maximum absolute atomic E-state index is 5.43. The molecule has 1 fully saturated rings. The molecule has 20 heavy (non-hydrogen) atoms. The number of hydrogen-bond donors (Lipinski definition) is 1. The zero-order valence-electron chi connectivity index (χ0n) is 11.2. The Morgan fingerprint density at radius 3 is 2.55 bits per heavy atom. The topological polar surface area (TPSA) is 33.7 Å². The van der Waals surface area contributed by atoms with Crippen molar-refractivity contribution in [2.24, 2.45) is 0 Å². The SMILES string of the molecule is C=C[C@@H](c1ccc2c(c1)OCO2)N1CCNCC1.Cl.Cl. The van der Waals surface area contributed by atoms with Crippen LogP contribution in [0.4, 0.5) is 0 Å². The lowest BCUT2D eigenvalue weighted by Crippen LogP contribution is -2.44. The van der Waals surface area contributed by atoms with Gasteiger partial charge < -0.3 is 14.8 Å². The second-order valence-corrected chi connectivity index (χ2v) is 4.58. The summed E-state index contributed by atoms with van der Waals surface area (Å²) in [6.45, 7) is 8.46. The van der Waals surface area contributed by atoms with Crippen molar-refractivity contribution in [1.29, 1.82) is 0 Å². The first-order chi connectivity index (χ1) is 8.88. The van der Waals surface area contributed by atoms with Gasteiger partial charge in [0.1, 0.15) is 0 Å². The Morgan fingerprint density at radius 2 is 1.85 bits per heavy atom. The van der Waals surface area contributed by atoms with Crippen molar-refractivity contribution in [3.63, 3.8) is 0 Å². The van der Waals surface area contributed by atoms with Gasteiger partial charge in [-0.2, -0.15) is 0 Å². The average Bonchev–Trinajstić information content (AvgIpc) is 2.88. The number of nitrogens with one attached hydrogen (secondary N) is 1. The van der Waals surface area contributed by atoms with E-state index in [0.717, 1.165) is 37.7 Å². The van der Waals surface area contributed by atoms with Gasteiger partial charge in [0, 0.05) is 26.2 Å². The van der Waals surface area contributed by atoms with Gasteiger partial charge in [0.2, 0.25) is 6.79 Å². The van der Waals surface area contributed by atoms with Crippen molar-refractivity contribution in [2.45, 2.75) is 6.04 Å². The van der Waals surface area contributed by atoms with E-state index in [0.29, 0.717) is 6.79 Å². The Kier molecular flexibility index (Phi) is 6.62. The molecule has 0 aliphatic carbocycles. The lowest BCUT2D eigenvalue weighted by molar-refractivity contribution is 0.173. The first-order valence-corrected chi connectivity index (χ1v) is 6.35. The summed E-state index contributed by atoms with van der Waals surface area (Å²) < 4.78 is 10.8. The molecule has 112 valence electrons. The summed E-state index contributed by atoms with van der Waals surface area (Å²) in [5.41, 5.74) is 1.22. The molecule has 3 rings (SSSR count). The Hall–Kier alpha value is -0.940.